The third kappa shape index (κ3) is 3.65. The van der Waals surface area contributed by atoms with Crippen LogP contribution in [0.1, 0.15) is 49.4 Å². The lowest BCUT2D eigenvalue weighted by atomic mass is 10.0. The first-order valence-electron chi connectivity index (χ1n) is 5.73. The van der Waals surface area contributed by atoms with Gasteiger partial charge in [-0.1, -0.05) is 26.2 Å². The first-order chi connectivity index (χ1) is 7.65. The van der Waals surface area contributed by atoms with Crippen molar-refractivity contribution in [2.24, 2.45) is 0 Å². The molecule has 0 radical (unpaired) electrons. The predicted molar refractivity (Wildman–Crippen MR) is 63.9 cm³/mol. The highest BCUT2D eigenvalue weighted by molar-refractivity contribution is 6.00. The Balaban J connectivity index is 2.55. The van der Waals surface area contributed by atoms with Crippen LogP contribution in [0.25, 0.3) is 0 Å². The lowest BCUT2D eigenvalue weighted by Gasteiger charge is -2.04. The highest BCUT2D eigenvalue weighted by Crippen LogP contribution is 2.17. The quantitative estimate of drug-likeness (QED) is 0.455. The van der Waals surface area contributed by atoms with Gasteiger partial charge in [0.05, 0.1) is 0 Å². The van der Waals surface area contributed by atoms with Gasteiger partial charge in [-0.2, -0.15) is 0 Å². The summed E-state index contributed by atoms with van der Waals surface area (Å²) in [6.07, 6.45) is 4.61. The van der Waals surface area contributed by atoms with Crippen LogP contribution in [0.4, 0.5) is 10.1 Å². The molecule has 1 rings (SSSR count). The van der Waals surface area contributed by atoms with Gasteiger partial charge in [0.2, 0.25) is 0 Å². The molecule has 0 saturated heterocycles. The topological polar surface area (TPSA) is 43.1 Å². The summed E-state index contributed by atoms with van der Waals surface area (Å²) in [7, 11) is 0. The van der Waals surface area contributed by atoms with Crippen molar-refractivity contribution in [1.82, 2.24) is 0 Å². The van der Waals surface area contributed by atoms with Crippen molar-refractivity contribution in [3.05, 3.63) is 29.6 Å². The van der Waals surface area contributed by atoms with Gasteiger partial charge in [0.15, 0.2) is 5.78 Å². The van der Waals surface area contributed by atoms with E-state index in [1.807, 2.05) is 0 Å². The summed E-state index contributed by atoms with van der Waals surface area (Å²) >= 11 is 0. The van der Waals surface area contributed by atoms with Crippen LogP contribution >= 0.6 is 0 Å². The van der Waals surface area contributed by atoms with E-state index in [9.17, 15) is 9.18 Å². The minimum Gasteiger partial charge on any atom is -0.398 e. The van der Waals surface area contributed by atoms with Crippen molar-refractivity contribution in [2.45, 2.75) is 39.0 Å². The van der Waals surface area contributed by atoms with Gasteiger partial charge >= 0.3 is 0 Å². The molecule has 0 heterocycles. The molecule has 0 aliphatic carbocycles. The fraction of sp³-hybridized carbons (Fsp3) is 0.462. The zero-order valence-electron chi connectivity index (χ0n) is 9.63. The van der Waals surface area contributed by atoms with E-state index in [2.05, 4.69) is 6.92 Å². The number of nitrogen functional groups attached to an aromatic ring is 1. The maximum Gasteiger partial charge on any atom is 0.165 e. The Labute approximate surface area is 95.7 Å². The fourth-order valence-electron chi connectivity index (χ4n) is 1.62. The van der Waals surface area contributed by atoms with Crippen LogP contribution in [0.5, 0.6) is 0 Å². The molecule has 0 amide bonds. The molecule has 2 N–H and O–H groups in total. The molecule has 0 bridgehead atoms. The van der Waals surface area contributed by atoms with Crippen molar-refractivity contribution < 1.29 is 9.18 Å². The number of rotatable bonds is 6. The van der Waals surface area contributed by atoms with Crippen LogP contribution in [0, 0.1) is 5.82 Å². The Morgan fingerprint density at radius 1 is 1.31 bits per heavy atom. The number of halogens is 1. The van der Waals surface area contributed by atoms with Crippen LogP contribution < -0.4 is 5.73 Å². The van der Waals surface area contributed by atoms with E-state index in [1.165, 1.54) is 18.2 Å². The third-order valence-corrected chi connectivity index (χ3v) is 2.57. The monoisotopic (exact) mass is 223 g/mol. The maximum absolute atomic E-state index is 12.9. The molecule has 0 spiro atoms. The van der Waals surface area contributed by atoms with Gasteiger partial charge < -0.3 is 5.73 Å². The Bertz CT molecular complexity index is 363. The van der Waals surface area contributed by atoms with Crippen molar-refractivity contribution in [1.29, 1.82) is 0 Å². The van der Waals surface area contributed by atoms with E-state index in [0.29, 0.717) is 17.7 Å². The van der Waals surface area contributed by atoms with Crippen LogP contribution in [-0.4, -0.2) is 5.78 Å². The first kappa shape index (κ1) is 12.7. The zero-order chi connectivity index (χ0) is 12.0. The lowest BCUT2D eigenvalue weighted by Crippen LogP contribution is -2.04. The number of hydrogen-bond acceptors (Lipinski definition) is 2. The van der Waals surface area contributed by atoms with Gasteiger partial charge in [0.1, 0.15) is 5.82 Å². The lowest BCUT2D eigenvalue weighted by molar-refractivity contribution is 0.0979. The van der Waals surface area contributed by atoms with Crippen LogP contribution in [0.15, 0.2) is 18.2 Å². The highest BCUT2D eigenvalue weighted by Gasteiger charge is 2.10. The normalized spacial score (nSPS) is 10.4. The Hall–Kier alpha value is -1.38. The number of benzene rings is 1. The van der Waals surface area contributed by atoms with Gasteiger partial charge in [-0.25, -0.2) is 4.39 Å². The van der Waals surface area contributed by atoms with Gasteiger partial charge in [0, 0.05) is 17.7 Å². The molecule has 0 saturated carbocycles. The van der Waals surface area contributed by atoms with Crippen molar-refractivity contribution in [3.8, 4) is 0 Å². The summed E-state index contributed by atoms with van der Waals surface area (Å²) in [5, 5.41) is 0. The minimum absolute atomic E-state index is 0.0619. The molecule has 3 heteroatoms. The van der Waals surface area contributed by atoms with Crippen LogP contribution in [-0.2, 0) is 0 Å². The summed E-state index contributed by atoms with van der Waals surface area (Å²) < 4.78 is 12.9. The van der Waals surface area contributed by atoms with Gasteiger partial charge in [-0.05, 0) is 24.6 Å². The number of ketones is 1. The largest absolute Gasteiger partial charge is 0.398 e. The summed E-state index contributed by atoms with van der Waals surface area (Å²) in [5.41, 5.74) is 6.31. The molecule has 0 atom stereocenters. The molecule has 2 nitrogen and oxygen atoms in total. The summed E-state index contributed by atoms with van der Waals surface area (Å²) in [6, 6.07) is 3.93. The standard InChI is InChI=1S/C13H18FNO/c1-2-3-4-5-6-13(16)11-9-10(14)7-8-12(11)15/h7-9H,2-6,15H2,1H3. The molecule has 0 unspecified atom stereocenters. The number of carbonyl (C=O) groups excluding carboxylic acids is 1. The smallest absolute Gasteiger partial charge is 0.165 e. The number of nitrogens with two attached hydrogens (primary N) is 1. The molecule has 1 aromatic rings. The second kappa shape index (κ2) is 6.26. The highest BCUT2D eigenvalue weighted by atomic mass is 19.1. The average molecular weight is 223 g/mol. The molecule has 0 aromatic heterocycles. The third-order valence-electron chi connectivity index (χ3n) is 2.57. The minimum atomic E-state index is -0.411. The number of unbranched alkanes of at least 4 members (excludes halogenated alkanes) is 3. The molecular formula is C13H18FNO. The molecule has 0 fully saturated rings. The SMILES string of the molecule is CCCCCCC(=O)c1cc(F)ccc1N. The van der Waals surface area contributed by atoms with Gasteiger partial charge in [0.25, 0.3) is 0 Å². The second-order valence-electron chi connectivity index (χ2n) is 3.97. The predicted octanol–water partition coefficient (Wildman–Crippen LogP) is 3.56. The van der Waals surface area contributed by atoms with Crippen molar-refractivity contribution in [3.63, 3.8) is 0 Å². The number of anilines is 1. The van der Waals surface area contributed by atoms with E-state index in [4.69, 9.17) is 5.73 Å². The van der Waals surface area contributed by atoms with Crippen LogP contribution in [0.3, 0.4) is 0 Å². The van der Waals surface area contributed by atoms with E-state index >= 15 is 0 Å². The van der Waals surface area contributed by atoms with Crippen molar-refractivity contribution >= 4 is 11.5 Å². The Morgan fingerprint density at radius 3 is 2.75 bits per heavy atom. The van der Waals surface area contributed by atoms with Crippen LogP contribution in [0.2, 0.25) is 0 Å². The molecule has 0 aliphatic heterocycles. The number of Topliss-reactive ketones (excluding diaryl/α,β-unsaturated/α-hetero) is 1. The average Bonchev–Trinajstić information content (AvgIpc) is 2.27. The van der Waals surface area contributed by atoms with Gasteiger partial charge in [-0.15, -0.1) is 0 Å². The molecular weight excluding hydrogens is 205 g/mol. The van der Waals surface area contributed by atoms with E-state index < -0.39 is 5.82 Å². The fourth-order valence-corrected chi connectivity index (χ4v) is 1.62. The molecule has 1 aromatic carbocycles. The summed E-state index contributed by atoms with van der Waals surface area (Å²) in [4.78, 5) is 11.7. The zero-order valence-corrected chi connectivity index (χ0v) is 9.63. The van der Waals surface area contributed by atoms with E-state index in [-0.39, 0.29) is 5.78 Å². The summed E-state index contributed by atoms with van der Waals surface area (Å²) in [6.45, 7) is 2.12. The van der Waals surface area contributed by atoms with Gasteiger partial charge in [-0.3, -0.25) is 4.79 Å². The van der Waals surface area contributed by atoms with E-state index in [1.54, 1.807) is 0 Å². The van der Waals surface area contributed by atoms with E-state index in [0.717, 1.165) is 25.7 Å². The molecule has 16 heavy (non-hydrogen) atoms. The second-order valence-corrected chi connectivity index (χ2v) is 3.97. The Kier molecular flexibility index (Phi) is 4.96. The molecule has 88 valence electrons. The number of carbonyl (C=O) groups is 1. The molecule has 0 aliphatic rings. The van der Waals surface area contributed by atoms with Crippen molar-refractivity contribution in [2.75, 3.05) is 5.73 Å². The summed E-state index contributed by atoms with van der Waals surface area (Å²) in [5.74, 6) is -0.473. The first-order valence-corrected chi connectivity index (χ1v) is 5.73. The maximum atomic E-state index is 12.9. The Morgan fingerprint density at radius 2 is 2.06 bits per heavy atom. The number of hydrogen-bond donors (Lipinski definition) is 1.